The van der Waals surface area contributed by atoms with Gasteiger partial charge in [0.05, 0.1) is 5.41 Å². The summed E-state index contributed by atoms with van der Waals surface area (Å²) < 4.78 is 1.69. The van der Waals surface area contributed by atoms with Crippen molar-refractivity contribution in [1.29, 1.82) is 0 Å². The van der Waals surface area contributed by atoms with Crippen LogP contribution in [0.2, 0.25) is 0 Å². The lowest BCUT2D eigenvalue weighted by Crippen LogP contribution is -2.36. The normalized spacial score (nSPS) is 14.1. The molecule has 0 saturated carbocycles. The average molecular weight is 462 g/mol. The Morgan fingerprint density at radius 1 is 0.941 bits per heavy atom. The van der Waals surface area contributed by atoms with Crippen molar-refractivity contribution in [3.8, 4) is 0 Å². The number of fused-ring (bicyclic) bond motifs is 2. The molecule has 3 aromatic rings. The summed E-state index contributed by atoms with van der Waals surface area (Å²) in [6.45, 7) is 0.405. The van der Waals surface area contributed by atoms with Crippen molar-refractivity contribution in [1.82, 2.24) is 30.0 Å². The molecule has 0 atom stereocenters. The minimum absolute atomic E-state index is 0.0480. The predicted molar refractivity (Wildman–Crippen MR) is 129 cm³/mol. The first kappa shape index (κ1) is 23.6. The molecule has 4 rings (SSSR count). The van der Waals surface area contributed by atoms with Gasteiger partial charge in [0.15, 0.2) is 5.82 Å². The van der Waals surface area contributed by atoms with E-state index in [1.54, 1.807) is 42.7 Å². The Bertz CT molecular complexity index is 1170. The van der Waals surface area contributed by atoms with Crippen LogP contribution < -0.4 is 5.73 Å². The molecule has 0 saturated heterocycles. The minimum atomic E-state index is -0.715. The van der Waals surface area contributed by atoms with E-state index in [1.807, 2.05) is 43.4 Å². The largest absolute Gasteiger partial charge is 0.345 e. The molecular formula is C25H31N7O2. The number of carbonyl (C=O) groups excluding carboxylic acids is 2. The Morgan fingerprint density at radius 2 is 1.44 bits per heavy atom. The smallest absolute Gasteiger partial charge is 0.253 e. The van der Waals surface area contributed by atoms with Gasteiger partial charge < -0.3 is 15.5 Å². The number of aryl methyl sites for hydroxylation is 3. The number of benzene rings is 2. The van der Waals surface area contributed by atoms with Crippen LogP contribution in [0.1, 0.15) is 55.2 Å². The third kappa shape index (κ3) is 3.75. The van der Waals surface area contributed by atoms with Gasteiger partial charge in [-0.15, -0.1) is 5.10 Å². The highest BCUT2D eigenvalue weighted by atomic mass is 16.2. The fourth-order valence-electron chi connectivity index (χ4n) is 5.06. The summed E-state index contributed by atoms with van der Waals surface area (Å²) in [4.78, 5) is 28.6. The average Bonchev–Trinajstić information content (AvgIpc) is 3.20. The molecule has 2 N–H and O–H groups in total. The SMILES string of the molecule is CN(C)C(=O)c1ccc2c(c1)CCc1cc(C(=O)N(C)C)ccc1C2(CCN)c1nnnn1C. The molecule has 1 heterocycles. The second kappa shape index (κ2) is 8.98. The third-order valence-electron chi connectivity index (χ3n) is 6.62. The number of nitrogens with zero attached hydrogens (tertiary/aromatic N) is 6. The van der Waals surface area contributed by atoms with Crippen LogP contribution in [0.3, 0.4) is 0 Å². The Kier molecular flexibility index (Phi) is 6.22. The maximum absolute atomic E-state index is 12.7. The van der Waals surface area contributed by atoms with E-state index in [0.717, 1.165) is 22.3 Å². The molecule has 0 bridgehead atoms. The van der Waals surface area contributed by atoms with E-state index in [4.69, 9.17) is 5.73 Å². The first-order valence-electron chi connectivity index (χ1n) is 11.3. The summed E-state index contributed by atoms with van der Waals surface area (Å²) in [7, 11) is 8.81. The zero-order valence-electron chi connectivity index (χ0n) is 20.4. The standard InChI is InChI=1S/C25H31N7O2/c1-30(2)22(33)18-8-10-20-16(14-18)6-7-17-15-19(23(34)31(3)4)9-11-21(17)25(20,12-13-26)24-27-28-29-32(24)5/h8-11,14-15H,6-7,12-13,26H2,1-5H3. The monoisotopic (exact) mass is 461 g/mol. The molecular weight excluding hydrogens is 430 g/mol. The highest BCUT2D eigenvalue weighted by Gasteiger charge is 2.44. The summed E-state index contributed by atoms with van der Waals surface area (Å²) in [6.07, 6.45) is 2.01. The molecule has 9 nitrogen and oxygen atoms in total. The molecule has 2 amide bonds. The summed E-state index contributed by atoms with van der Waals surface area (Å²) in [5.41, 5.74) is 10.9. The van der Waals surface area contributed by atoms with E-state index in [-0.39, 0.29) is 11.8 Å². The Balaban J connectivity index is 2.01. The zero-order chi connectivity index (χ0) is 24.6. The van der Waals surface area contributed by atoms with Crippen LogP contribution in [0.5, 0.6) is 0 Å². The lowest BCUT2D eigenvalue weighted by Gasteiger charge is -2.35. The van der Waals surface area contributed by atoms with E-state index in [2.05, 4.69) is 15.5 Å². The van der Waals surface area contributed by atoms with Gasteiger partial charge in [0.1, 0.15) is 0 Å². The van der Waals surface area contributed by atoms with Gasteiger partial charge in [-0.1, -0.05) is 12.1 Å². The van der Waals surface area contributed by atoms with E-state index >= 15 is 0 Å². The van der Waals surface area contributed by atoms with Crippen molar-refractivity contribution < 1.29 is 9.59 Å². The van der Waals surface area contributed by atoms with Crippen LogP contribution in [0.15, 0.2) is 36.4 Å². The van der Waals surface area contributed by atoms with Gasteiger partial charge in [-0.25, -0.2) is 4.68 Å². The number of aromatic nitrogens is 4. The molecule has 0 radical (unpaired) electrons. The van der Waals surface area contributed by atoms with Crippen LogP contribution in [0.25, 0.3) is 0 Å². The second-order valence-electron chi connectivity index (χ2n) is 9.21. The maximum Gasteiger partial charge on any atom is 0.253 e. The third-order valence-corrected chi connectivity index (χ3v) is 6.62. The highest BCUT2D eigenvalue weighted by molar-refractivity contribution is 5.95. The lowest BCUT2D eigenvalue weighted by atomic mass is 9.69. The number of carbonyl (C=O) groups is 2. The summed E-state index contributed by atoms with van der Waals surface area (Å²) in [5, 5.41) is 12.5. The molecule has 34 heavy (non-hydrogen) atoms. The van der Waals surface area contributed by atoms with Gasteiger partial charge in [-0.3, -0.25) is 9.59 Å². The molecule has 1 aromatic heterocycles. The van der Waals surface area contributed by atoms with E-state index in [9.17, 15) is 9.59 Å². The van der Waals surface area contributed by atoms with E-state index < -0.39 is 5.41 Å². The van der Waals surface area contributed by atoms with Gasteiger partial charge in [0.2, 0.25) is 0 Å². The molecule has 178 valence electrons. The van der Waals surface area contributed by atoms with Crippen molar-refractivity contribution >= 4 is 11.8 Å². The topological polar surface area (TPSA) is 110 Å². The Morgan fingerprint density at radius 3 is 1.82 bits per heavy atom. The van der Waals surface area contributed by atoms with Crippen molar-refractivity contribution in [2.75, 3.05) is 34.7 Å². The van der Waals surface area contributed by atoms with Crippen LogP contribution in [0.4, 0.5) is 0 Å². The number of rotatable bonds is 5. The maximum atomic E-state index is 12.7. The van der Waals surface area contributed by atoms with Crippen LogP contribution >= 0.6 is 0 Å². The van der Waals surface area contributed by atoms with Gasteiger partial charge in [-0.2, -0.15) is 0 Å². The van der Waals surface area contributed by atoms with Crippen molar-refractivity contribution in [2.45, 2.75) is 24.7 Å². The summed E-state index contributed by atoms with van der Waals surface area (Å²) in [6, 6.07) is 11.7. The number of hydrogen-bond donors (Lipinski definition) is 1. The number of tetrazole rings is 1. The summed E-state index contributed by atoms with van der Waals surface area (Å²) in [5.74, 6) is 0.585. The van der Waals surface area contributed by atoms with Crippen LogP contribution in [0, 0.1) is 0 Å². The second-order valence-corrected chi connectivity index (χ2v) is 9.21. The Hall–Kier alpha value is -3.59. The van der Waals surface area contributed by atoms with Gasteiger partial charge in [0.25, 0.3) is 11.8 Å². The fourth-order valence-corrected chi connectivity index (χ4v) is 5.06. The molecule has 0 aliphatic heterocycles. The van der Waals surface area contributed by atoms with E-state index in [1.165, 1.54) is 0 Å². The van der Waals surface area contributed by atoms with E-state index in [0.29, 0.717) is 42.8 Å². The quantitative estimate of drug-likeness (QED) is 0.615. The Labute approximate surface area is 199 Å². The molecule has 1 aliphatic rings. The first-order chi connectivity index (χ1) is 16.2. The predicted octanol–water partition coefficient (Wildman–Crippen LogP) is 1.40. The molecule has 9 heteroatoms. The number of hydrogen-bond acceptors (Lipinski definition) is 6. The molecule has 2 aromatic carbocycles. The van der Waals surface area contributed by atoms with Crippen molar-refractivity contribution in [3.05, 3.63) is 75.6 Å². The van der Waals surface area contributed by atoms with Crippen molar-refractivity contribution in [3.63, 3.8) is 0 Å². The van der Waals surface area contributed by atoms with Crippen LogP contribution in [-0.2, 0) is 25.3 Å². The molecule has 0 spiro atoms. The molecule has 0 fully saturated rings. The first-order valence-corrected chi connectivity index (χ1v) is 11.3. The van der Waals surface area contributed by atoms with Gasteiger partial charge >= 0.3 is 0 Å². The summed E-state index contributed by atoms with van der Waals surface area (Å²) >= 11 is 0. The molecule has 0 unspecified atom stereocenters. The van der Waals surface area contributed by atoms with Gasteiger partial charge in [-0.05, 0) is 82.8 Å². The molecule has 1 aliphatic carbocycles. The highest BCUT2D eigenvalue weighted by Crippen LogP contribution is 2.46. The number of amides is 2. The fraction of sp³-hybridized carbons (Fsp3) is 0.400. The van der Waals surface area contributed by atoms with Crippen molar-refractivity contribution in [2.24, 2.45) is 12.8 Å². The zero-order valence-corrected chi connectivity index (χ0v) is 20.4. The van der Waals surface area contributed by atoms with Crippen LogP contribution in [-0.4, -0.2) is 76.6 Å². The lowest BCUT2D eigenvalue weighted by molar-refractivity contribution is 0.0820. The number of nitrogens with two attached hydrogens (primary N) is 1. The van der Waals surface area contributed by atoms with Gasteiger partial charge in [0, 0.05) is 46.4 Å². The minimum Gasteiger partial charge on any atom is -0.345 e.